The molecule has 1 unspecified atom stereocenters. The molecule has 0 spiro atoms. The molecule has 1 atom stereocenters. The van der Waals surface area contributed by atoms with E-state index in [1.165, 1.54) is 0 Å². The van der Waals surface area contributed by atoms with E-state index < -0.39 is 10.7 Å². The van der Waals surface area contributed by atoms with E-state index in [4.69, 9.17) is 24.2 Å². The summed E-state index contributed by atoms with van der Waals surface area (Å²) >= 11 is 11.6. The number of carboxylic acids is 1. The summed E-state index contributed by atoms with van der Waals surface area (Å²) in [5.74, 6) is -0.915. The summed E-state index contributed by atoms with van der Waals surface area (Å²) < 4.78 is -0.564. The van der Waals surface area contributed by atoms with Crippen LogP contribution in [0.3, 0.4) is 0 Å². The van der Waals surface area contributed by atoms with Gasteiger partial charge in [0.15, 0.2) is 0 Å². The van der Waals surface area contributed by atoms with E-state index in [9.17, 15) is 9.90 Å². The minimum absolute atomic E-state index is 0.318. The molecule has 2 rings (SSSR count). The van der Waals surface area contributed by atoms with Gasteiger partial charge in [0.2, 0.25) is 0 Å². The molecule has 2 aromatic rings. The highest BCUT2D eigenvalue weighted by Gasteiger charge is 2.42. The molecule has 0 fully saturated rings. The number of halogens is 1. The molecule has 0 saturated heterocycles. The SMILES string of the molecule is C=CC(C)(C)C(S)(CC(=CC)c1ccc(C(=O)O)c(C)c1)c1cc(C)cc(Cl)c1. The molecule has 0 aliphatic rings. The summed E-state index contributed by atoms with van der Waals surface area (Å²) in [5, 5.41) is 10.0. The van der Waals surface area contributed by atoms with Crippen molar-refractivity contribution in [2.75, 3.05) is 0 Å². The molecular formula is C25H29ClO2S. The van der Waals surface area contributed by atoms with Crippen molar-refractivity contribution in [2.24, 2.45) is 5.41 Å². The number of carbonyl (C=O) groups is 1. The number of aryl methyl sites for hydroxylation is 2. The second-order valence-corrected chi connectivity index (χ2v) is 9.33. The maximum Gasteiger partial charge on any atom is 0.335 e. The third-order valence-electron chi connectivity index (χ3n) is 5.72. The average Bonchev–Trinajstić information content (AvgIpc) is 2.64. The molecule has 0 saturated carbocycles. The van der Waals surface area contributed by atoms with E-state index in [0.717, 1.165) is 27.8 Å². The minimum Gasteiger partial charge on any atom is -0.478 e. The fourth-order valence-corrected chi connectivity index (χ4v) is 4.28. The second kappa shape index (κ2) is 8.81. The lowest BCUT2D eigenvalue weighted by molar-refractivity contribution is 0.0696. The van der Waals surface area contributed by atoms with Gasteiger partial charge in [-0.25, -0.2) is 4.79 Å². The van der Waals surface area contributed by atoms with Gasteiger partial charge in [0.05, 0.1) is 10.3 Å². The zero-order valence-electron chi connectivity index (χ0n) is 17.7. The third-order valence-corrected chi connectivity index (χ3v) is 6.93. The van der Waals surface area contributed by atoms with E-state index >= 15 is 0 Å². The van der Waals surface area contributed by atoms with Crippen molar-refractivity contribution in [3.05, 3.63) is 88.0 Å². The van der Waals surface area contributed by atoms with Crippen molar-refractivity contribution in [3.63, 3.8) is 0 Å². The standard InChI is InChI=1S/C25H29ClO2S/c1-7-18(19-9-10-22(23(27)28)17(4)13-19)15-25(29,24(5,6)8-2)20-11-16(3)12-21(26)14-20/h7-14,29H,2,15H2,1,3-6H3,(H,27,28). The van der Waals surface area contributed by atoms with E-state index in [2.05, 4.69) is 32.6 Å². The smallest absolute Gasteiger partial charge is 0.335 e. The highest BCUT2D eigenvalue weighted by atomic mass is 35.5. The molecule has 154 valence electrons. The Hall–Kier alpha value is -1.97. The van der Waals surface area contributed by atoms with Crippen molar-refractivity contribution in [2.45, 2.75) is 45.8 Å². The third kappa shape index (κ3) is 4.79. The first-order valence-electron chi connectivity index (χ1n) is 9.58. The van der Waals surface area contributed by atoms with E-state index in [-0.39, 0.29) is 5.41 Å². The van der Waals surface area contributed by atoms with Crippen LogP contribution in [0.4, 0.5) is 0 Å². The van der Waals surface area contributed by atoms with Crippen LogP contribution in [0.2, 0.25) is 5.02 Å². The summed E-state index contributed by atoms with van der Waals surface area (Å²) in [4.78, 5) is 11.4. The Morgan fingerprint density at radius 2 is 1.86 bits per heavy atom. The first-order chi connectivity index (χ1) is 13.4. The number of hydrogen-bond donors (Lipinski definition) is 2. The Balaban J connectivity index is 2.59. The van der Waals surface area contributed by atoms with Crippen LogP contribution in [0.25, 0.3) is 5.57 Å². The summed E-state index contributed by atoms with van der Waals surface area (Å²) in [5.41, 5.74) is 4.92. The lowest BCUT2D eigenvalue weighted by atomic mass is 9.70. The molecule has 4 heteroatoms. The Bertz CT molecular complexity index is 955. The van der Waals surface area contributed by atoms with Crippen LogP contribution in [0, 0.1) is 19.3 Å². The number of allylic oxidation sites excluding steroid dienone is 3. The molecule has 2 nitrogen and oxygen atoms in total. The topological polar surface area (TPSA) is 37.3 Å². The first-order valence-corrected chi connectivity index (χ1v) is 10.4. The summed E-state index contributed by atoms with van der Waals surface area (Å²) in [6, 6.07) is 11.5. The summed E-state index contributed by atoms with van der Waals surface area (Å²) in [6.45, 7) is 14.1. The van der Waals surface area contributed by atoms with Crippen LogP contribution in [-0.4, -0.2) is 11.1 Å². The van der Waals surface area contributed by atoms with Crippen molar-refractivity contribution >= 4 is 35.8 Å². The zero-order chi connectivity index (χ0) is 22.0. The van der Waals surface area contributed by atoms with Gasteiger partial charge in [-0.2, -0.15) is 12.6 Å². The number of thiol groups is 1. The van der Waals surface area contributed by atoms with Crippen molar-refractivity contribution < 1.29 is 9.90 Å². The molecule has 0 aromatic heterocycles. The van der Waals surface area contributed by atoms with Gasteiger partial charge in [0.25, 0.3) is 0 Å². The highest BCUT2D eigenvalue weighted by molar-refractivity contribution is 7.81. The maximum absolute atomic E-state index is 11.4. The predicted molar refractivity (Wildman–Crippen MR) is 127 cm³/mol. The van der Waals surface area contributed by atoms with Gasteiger partial charge in [-0.05, 0) is 73.2 Å². The lowest BCUT2D eigenvalue weighted by Crippen LogP contribution is -2.36. The maximum atomic E-state index is 11.4. The Labute approximate surface area is 184 Å². The Kier molecular flexibility index (Phi) is 7.08. The van der Waals surface area contributed by atoms with Crippen molar-refractivity contribution in [3.8, 4) is 0 Å². The molecule has 29 heavy (non-hydrogen) atoms. The first kappa shape index (κ1) is 23.3. The van der Waals surface area contributed by atoms with Gasteiger partial charge >= 0.3 is 5.97 Å². The summed E-state index contributed by atoms with van der Waals surface area (Å²) in [6.07, 6.45) is 4.64. The molecule has 0 aliphatic carbocycles. The van der Waals surface area contributed by atoms with Crippen LogP contribution in [0.1, 0.15) is 59.8 Å². The van der Waals surface area contributed by atoms with Gasteiger partial charge in [-0.15, -0.1) is 6.58 Å². The highest BCUT2D eigenvalue weighted by Crippen LogP contribution is 2.52. The van der Waals surface area contributed by atoms with E-state index in [1.54, 1.807) is 6.07 Å². The second-order valence-electron chi connectivity index (χ2n) is 8.13. The van der Waals surface area contributed by atoms with Crippen LogP contribution in [0.15, 0.2) is 55.1 Å². The van der Waals surface area contributed by atoms with Crippen LogP contribution in [0.5, 0.6) is 0 Å². The largest absolute Gasteiger partial charge is 0.478 e. The predicted octanol–water partition coefficient (Wildman–Crippen LogP) is 7.49. The Morgan fingerprint density at radius 1 is 1.21 bits per heavy atom. The minimum atomic E-state index is -0.915. The number of aromatic carboxylic acids is 1. The fourth-order valence-electron chi connectivity index (χ4n) is 3.60. The van der Waals surface area contributed by atoms with Crippen molar-refractivity contribution in [1.29, 1.82) is 0 Å². The molecule has 1 N–H and O–H groups in total. The lowest BCUT2D eigenvalue weighted by Gasteiger charge is -2.43. The van der Waals surface area contributed by atoms with Crippen LogP contribution in [-0.2, 0) is 4.75 Å². The van der Waals surface area contributed by atoms with Crippen LogP contribution < -0.4 is 0 Å². The number of hydrogen-bond acceptors (Lipinski definition) is 2. The quantitative estimate of drug-likeness (QED) is 0.354. The average molecular weight is 429 g/mol. The Morgan fingerprint density at radius 3 is 2.34 bits per heavy atom. The van der Waals surface area contributed by atoms with Gasteiger partial charge in [-0.1, -0.05) is 55.8 Å². The number of carboxylic acid groups (broad SMARTS) is 1. The molecule has 0 aliphatic heterocycles. The van der Waals surface area contributed by atoms with Gasteiger partial charge < -0.3 is 5.11 Å². The van der Waals surface area contributed by atoms with Crippen LogP contribution >= 0.6 is 24.2 Å². The molecule has 0 heterocycles. The van der Waals surface area contributed by atoms with E-state index in [0.29, 0.717) is 17.0 Å². The number of benzene rings is 2. The zero-order valence-corrected chi connectivity index (χ0v) is 19.4. The summed E-state index contributed by atoms with van der Waals surface area (Å²) in [7, 11) is 0. The fraction of sp³-hybridized carbons (Fsp3) is 0.320. The molecule has 2 aromatic carbocycles. The molecule has 0 radical (unpaired) electrons. The van der Waals surface area contributed by atoms with Crippen molar-refractivity contribution in [1.82, 2.24) is 0 Å². The number of rotatable bonds is 7. The van der Waals surface area contributed by atoms with E-state index in [1.807, 2.05) is 51.1 Å². The molecule has 0 bridgehead atoms. The van der Waals surface area contributed by atoms with Gasteiger partial charge in [0, 0.05) is 10.4 Å². The van der Waals surface area contributed by atoms with Gasteiger partial charge in [-0.3, -0.25) is 0 Å². The normalized spacial score (nSPS) is 14.4. The monoisotopic (exact) mass is 428 g/mol. The van der Waals surface area contributed by atoms with Gasteiger partial charge in [0.1, 0.15) is 0 Å². The molecular weight excluding hydrogens is 400 g/mol. The molecule has 0 amide bonds.